The number of nitrogens with one attached hydrogen (secondary N) is 1. The molecule has 0 bridgehead atoms. The summed E-state index contributed by atoms with van der Waals surface area (Å²) >= 11 is 7.75. The highest BCUT2D eigenvalue weighted by Crippen LogP contribution is 2.33. The SMILES string of the molecule is CN1NN(C[C@@H](O)COc2ccc(C(C)(C)c3ccc(OC[C@H](O)CCl)cc3)cc2)C(CO)=C1I. The lowest BCUT2D eigenvalue weighted by Crippen LogP contribution is -2.44. The number of aliphatic hydroxyl groups is 3. The molecule has 0 saturated carbocycles. The van der Waals surface area contributed by atoms with E-state index < -0.39 is 12.2 Å². The molecule has 1 aliphatic heterocycles. The molecule has 0 spiro atoms. The second kappa shape index (κ2) is 12.5. The van der Waals surface area contributed by atoms with Crippen LogP contribution >= 0.6 is 34.2 Å². The molecule has 0 aliphatic carbocycles. The second-order valence-electron chi connectivity index (χ2n) is 8.92. The summed E-state index contributed by atoms with van der Waals surface area (Å²) in [6.07, 6.45) is -1.44. The number of hydrogen-bond donors (Lipinski definition) is 4. The average molecular weight is 618 g/mol. The zero-order chi connectivity index (χ0) is 25.6. The van der Waals surface area contributed by atoms with Crippen LogP contribution in [0.2, 0.25) is 0 Å². The maximum absolute atomic E-state index is 10.4. The molecule has 192 valence electrons. The molecular formula is C25H33ClIN3O5. The first-order valence-corrected chi connectivity index (χ1v) is 12.9. The molecule has 1 heterocycles. The molecule has 0 saturated heterocycles. The third-order valence-electron chi connectivity index (χ3n) is 5.89. The van der Waals surface area contributed by atoms with Gasteiger partial charge in [-0.3, -0.25) is 10.0 Å². The van der Waals surface area contributed by atoms with Gasteiger partial charge in [0.2, 0.25) is 0 Å². The topological polar surface area (TPSA) is 97.7 Å². The van der Waals surface area contributed by atoms with E-state index in [2.05, 4.69) is 42.0 Å². The number of hydrazine groups is 2. The first-order chi connectivity index (χ1) is 16.6. The van der Waals surface area contributed by atoms with Crippen LogP contribution in [-0.4, -0.2) is 76.8 Å². The average Bonchev–Trinajstić information content (AvgIpc) is 3.13. The molecule has 8 nitrogen and oxygen atoms in total. The van der Waals surface area contributed by atoms with Gasteiger partial charge in [0.05, 0.1) is 24.7 Å². The summed E-state index contributed by atoms with van der Waals surface area (Å²) < 4.78 is 12.2. The summed E-state index contributed by atoms with van der Waals surface area (Å²) in [6, 6.07) is 15.7. The van der Waals surface area contributed by atoms with Gasteiger partial charge in [0.25, 0.3) is 0 Å². The second-order valence-corrected chi connectivity index (χ2v) is 10.3. The molecule has 4 N–H and O–H groups in total. The Morgan fingerprint density at radius 3 is 1.89 bits per heavy atom. The van der Waals surface area contributed by atoms with Crippen LogP contribution in [0.4, 0.5) is 0 Å². The van der Waals surface area contributed by atoms with Gasteiger partial charge in [-0.2, -0.15) is 0 Å². The number of ether oxygens (including phenoxy) is 2. The summed E-state index contributed by atoms with van der Waals surface area (Å²) in [5, 5.41) is 33.1. The Labute approximate surface area is 225 Å². The van der Waals surface area contributed by atoms with Crippen molar-refractivity contribution < 1.29 is 24.8 Å². The lowest BCUT2D eigenvalue weighted by Gasteiger charge is -2.27. The lowest BCUT2D eigenvalue weighted by molar-refractivity contribution is 0.0414. The number of β-amino-alcohol motifs (C(OH)–C–C–N with tert-alkyl or cyclic N) is 1. The zero-order valence-electron chi connectivity index (χ0n) is 20.1. The van der Waals surface area contributed by atoms with Crippen molar-refractivity contribution >= 4 is 34.2 Å². The van der Waals surface area contributed by atoms with E-state index in [1.807, 2.05) is 55.6 Å². The van der Waals surface area contributed by atoms with E-state index in [9.17, 15) is 15.3 Å². The number of alkyl halides is 1. The smallest absolute Gasteiger partial charge is 0.119 e. The van der Waals surface area contributed by atoms with E-state index in [-0.39, 0.29) is 37.7 Å². The van der Waals surface area contributed by atoms with E-state index >= 15 is 0 Å². The quantitative estimate of drug-likeness (QED) is 0.164. The summed E-state index contributed by atoms with van der Waals surface area (Å²) in [6.45, 7) is 4.74. The first kappa shape index (κ1) is 27.8. The number of aliphatic hydroxyl groups excluding tert-OH is 3. The maximum Gasteiger partial charge on any atom is 0.119 e. The van der Waals surface area contributed by atoms with Crippen molar-refractivity contribution in [1.29, 1.82) is 0 Å². The molecule has 0 amide bonds. The Hall–Kier alpha value is -1.76. The molecular weight excluding hydrogens is 585 g/mol. The van der Waals surface area contributed by atoms with Gasteiger partial charge in [-0.15, -0.1) is 17.1 Å². The third-order valence-corrected chi connectivity index (χ3v) is 7.59. The molecule has 3 rings (SSSR count). The Morgan fingerprint density at radius 2 is 1.43 bits per heavy atom. The lowest BCUT2D eigenvalue weighted by atomic mass is 9.78. The van der Waals surface area contributed by atoms with Crippen LogP contribution in [-0.2, 0) is 5.41 Å². The van der Waals surface area contributed by atoms with Crippen LogP contribution < -0.4 is 15.0 Å². The summed E-state index contributed by atoms with van der Waals surface area (Å²) in [4.78, 5) is 0. The third kappa shape index (κ3) is 7.14. The predicted octanol–water partition coefficient (Wildman–Crippen LogP) is 2.99. The normalized spacial score (nSPS) is 16.0. The number of benzene rings is 2. The van der Waals surface area contributed by atoms with Crippen molar-refractivity contribution in [2.45, 2.75) is 31.5 Å². The number of halogens is 2. The molecule has 1 aliphatic rings. The Balaban J connectivity index is 1.55. The Morgan fingerprint density at radius 1 is 0.943 bits per heavy atom. The fraction of sp³-hybridized carbons (Fsp3) is 0.440. The highest BCUT2D eigenvalue weighted by atomic mass is 127. The van der Waals surface area contributed by atoms with Crippen molar-refractivity contribution in [3.8, 4) is 11.5 Å². The van der Waals surface area contributed by atoms with E-state index in [1.165, 1.54) is 0 Å². The van der Waals surface area contributed by atoms with E-state index in [0.29, 0.717) is 17.2 Å². The van der Waals surface area contributed by atoms with Crippen LogP contribution in [0, 0.1) is 0 Å². The number of nitrogens with zero attached hydrogens (tertiary/aromatic N) is 2. The van der Waals surface area contributed by atoms with Crippen LogP contribution in [0.1, 0.15) is 25.0 Å². The molecule has 10 heteroatoms. The Bertz CT molecular complexity index is 988. The molecule has 0 fully saturated rings. The summed E-state index contributed by atoms with van der Waals surface area (Å²) in [7, 11) is 1.85. The fourth-order valence-corrected chi connectivity index (χ4v) is 4.35. The van der Waals surface area contributed by atoms with E-state index in [0.717, 1.165) is 14.8 Å². The van der Waals surface area contributed by atoms with Crippen molar-refractivity contribution in [3.63, 3.8) is 0 Å². The molecule has 2 aromatic rings. The first-order valence-electron chi connectivity index (χ1n) is 11.3. The van der Waals surface area contributed by atoms with Gasteiger partial charge < -0.3 is 24.8 Å². The molecule has 2 aromatic carbocycles. The molecule has 35 heavy (non-hydrogen) atoms. The van der Waals surface area contributed by atoms with Crippen LogP contribution in [0.25, 0.3) is 0 Å². The van der Waals surface area contributed by atoms with Gasteiger partial charge in [0, 0.05) is 12.5 Å². The van der Waals surface area contributed by atoms with Gasteiger partial charge in [-0.25, -0.2) is 0 Å². The summed E-state index contributed by atoms with van der Waals surface area (Å²) in [5.41, 5.74) is 5.79. The van der Waals surface area contributed by atoms with Crippen LogP contribution in [0.15, 0.2) is 57.9 Å². The van der Waals surface area contributed by atoms with E-state index in [1.54, 1.807) is 10.0 Å². The van der Waals surface area contributed by atoms with Crippen LogP contribution in [0.5, 0.6) is 11.5 Å². The zero-order valence-corrected chi connectivity index (χ0v) is 23.0. The van der Waals surface area contributed by atoms with Gasteiger partial charge in [-0.05, 0) is 58.0 Å². The molecule has 0 radical (unpaired) electrons. The molecule has 2 atom stereocenters. The van der Waals surface area contributed by atoms with Crippen LogP contribution in [0.3, 0.4) is 0 Å². The van der Waals surface area contributed by atoms with Crippen molar-refractivity contribution in [1.82, 2.24) is 15.6 Å². The highest BCUT2D eigenvalue weighted by molar-refractivity contribution is 14.1. The number of rotatable bonds is 12. The molecule has 0 aromatic heterocycles. The van der Waals surface area contributed by atoms with Gasteiger partial charge >= 0.3 is 0 Å². The number of hydrogen-bond acceptors (Lipinski definition) is 8. The van der Waals surface area contributed by atoms with Crippen molar-refractivity contribution in [2.75, 3.05) is 39.3 Å². The minimum Gasteiger partial charge on any atom is -0.491 e. The van der Waals surface area contributed by atoms with Gasteiger partial charge in [0.15, 0.2) is 0 Å². The maximum atomic E-state index is 10.4. The monoisotopic (exact) mass is 617 g/mol. The van der Waals surface area contributed by atoms with Gasteiger partial charge in [0.1, 0.15) is 40.6 Å². The fourth-order valence-electron chi connectivity index (χ4n) is 3.69. The van der Waals surface area contributed by atoms with E-state index in [4.69, 9.17) is 21.1 Å². The van der Waals surface area contributed by atoms with Gasteiger partial charge in [-0.1, -0.05) is 38.1 Å². The van der Waals surface area contributed by atoms with Crippen molar-refractivity contribution in [3.05, 3.63) is 69.1 Å². The standard InChI is InChI=1S/C25H33ClIN3O5/c1-25(2,17-4-8-21(9-5-17)34-15-19(32)12-26)18-6-10-22(11-7-18)35-16-20(33)13-30-23(14-31)24(27)29(3)28-30/h4-11,19-20,28,31-33H,12-16H2,1-3H3/t19-,20-/m1/s1. The summed E-state index contributed by atoms with van der Waals surface area (Å²) in [5.74, 6) is 1.49. The minimum absolute atomic E-state index is 0.118. The minimum atomic E-state index is -0.748. The largest absolute Gasteiger partial charge is 0.491 e. The Kier molecular flexibility index (Phi) is 9.91. The molecule has 0 unspecified atom stereocenters. The highest BCUT2D eigenvalue weighted by Gasteiger charge is 2.26. The van der Waals surface area contributed by atoms with Crippen molar-refractivity contribution in [2.24, 2.45) is 0 Å². The predicted molar refractivity (Wildman–Crippen MR) is 144 cm³/mol.